The van der Waals surface area contributed by atoms with E-state index in [0.717, 1.165) is 56.9 Å². The summed E-state index contributed by atoms with van der Waals surface area (Å²) in [6, 6.07) is 8.35. The van der Waals surface area contributed by atoms with Crippen LogP contribution in [0.2, 0.25) is 0 Å². The number of benzene rings is 1. The molecule has 1 fully saturated rings. The van der Waals surface area contributed by atoms with Crippen molar-refractivity contribution in [1.29, 1.82) is 0 Å². The first kappa shape index (κ1) is 19.7. The number of likely N-dealkylation sites (tertiary alicyclic amines) is 1. The molecule has 1 saturated heterocycles. The molecule has 4 heteroatoms. The van der Waals surface area contributed by atoms with Gasteiger partial charge in [-0.05, 0) is 62.8 Å². The number of carbonyl (C=O) groups excluding carboxylic acids is 1. The molecule has 1 heterocycles. The van der Waals surface area contributed by atoms with Crippen molar-refractivity contribution in [2.24, 2.45) is 5.92 Å². The minimum absolute atomic E-state index is 0.219. The van der Waals surface area contributed by atoms with Crippen LogP contribution >= 0.6 is 0 Å². The molecule has 0 spiro atoms. The summed E-state index contributed by atoms with van der Waals surface area (Å²) in [4.78, 5) is 17.3. The van der Waals surface area contributed by atoms with Gasteiger partial charge in [0.25, 0.3) is 0 Å². The molecule has 0 bridgehead atoms. The Morgan fingerprint density at radius 1 is 1.37 bits per heavy atom. The van der Waals surface area contributed by atoms with Crippen molar-refractivity contribution < 1.29 is 9.53 Å². The highest BCUT2D eigenvalue weighted by molar-refractivity contribution is 5.94. The van der Waals surface area contributed by atoms with E-state index in [1.165, 1.54) is 18.4 Å². The van der Waals surface area contributed by atoms with Gasteiger partial charge in [0.2, 0.25) is 5.91 Å². The van der Waals surface area contributed by atoms with E-state index in [2.05, 4.69) is 36.1 Å². The Morgan fingerprint density at radius 2 is 2.26 bits per heavy atom. The molecule has 27 heavy (non-hydrogen) atoms. The highest BCUT2D eigenvalue weighted by Crippen LogP contribution is 2.21. The van der Waals surface area contributed by atoms with Crippen LogP contribution in [0.5, 0.6) is 5.75 Å². The van der Waals surface area contributed by atoms with Crippen molar-refractivity contribution in [2.45, 2.75) is 32.6 Å². The molecule has 1 unspecified atom stereocenters. The number of hydrogen-bond acceptors (Lipinski definition) is 3. The molecule has 0 saturated carbocycles. The van der Waals surface area contributed by atoms with E-state index in [4.69, 9.17) is 4.74 Å². The number of methoxy groups -OCH3 is 1. The van der Waals surface area contributed by atoms with Gasteiger partial charge in [0.05, 0.1) is 7.11 Å². The summed E-state index contributed by atoms with van der Waals surface area (Å²) in [6.45, 7) is 7.07. The predicted molar refractivity (Wildman–Crippen MR) is 110 cm³/mol. The standard InChI is InChI=1S/C23H32N2O2/c1-3-25(23(26)21-10-4-5-11-21)18-20-9-7-14-24(17-20)15-13-19-8-6-12-22(16-19)27-2/h4-6,8,10,12,16,20H,3,7,9,11,13-15,17-18H2,1-2H3. The Morgan fingerprint density at radius 3 is 3.00 bits per heavy atom. The number of allylic oxidation sites excluding steroid dienone is 3. The van der Waals surface area contributed by atoms with Crippen LogP contribution in [0.15, 0.2) is 48.1 Å². The predicted octanol–water partition coefficient (Wildman–Crippen LogP) is 3.68. The van der Waals surface area contributed by atoms with Gasteiger partial charge >= 0.3 is 0 Å². The van der Waals surface area contributed by atoms with E-state index >= 15 is 0 Å². The smallest absolute Gasteiger partial charge is 0.250 e. The first-order valence-corrected chi connectivity index (χ1v) is 10.2. The molecule has 146 valence electrons. The molecule has 1 aromatic rings. The van der Waals surface area contributed by atoms with Gasteiger partial charge in [-0.1, -0.05) is 30.4 Å². The van der Waals surface area contributed by atoms with Crippen LogP contribution in [0, 0.1) is 5.92 Å². The van der Waals surface area contributed by atoms with Crippen molar-refractivity contribution in [3.8, 4) is 5.75 Å². The number of ether oxygens (including phenoxy) is 1. The maximum Gasteiger partial charge on any atom is 0.250 e. The van der Waals surface area contributed by atoms with Gasteiger partial charge < -0.3 is 14.5 Å². The quantitative estimate of drug-likeness (QED) is 0.702. The Bertz CT molecular complexity index is 695. The van der Waals surface area contributed by atoms with E-state index < -0.39 is 0 Å². The minimum Gasteiger partial charge on any atom is -0.497 e. The lowest BCUT2D eigenvalue weighted by molar-refractivity contribution is -0.127. The summed E-state index contributed by atoms with van der Waals surface area (Å²) >= 11 is 0. The van der Waals surface area contributed by atoms with Gasteiger partial charge in [-0.2, -0.15) is 0 Å². The highest BCUT2D eigenvalue weighted by Gasteiger charge is 2.25. The summed E-state index contributed by atoms with van der Waals surface area (Å²) in [6.07, 6.45) is 10.3. The molecule has 1 aliphatic carbocycles. The number of rotatable bonds is 8. The SMILES string of the molecule is CCN(CC1CCCN(CCc2cccc(OC)c2)C1)C(=O)C1=CC=CC1. The fourth-order valence-corrected chi connectivity index (χ4v) is 4.09. The third-order valence-electron chi connectivity index (χ3n) is 5.65. The van der Waals surface area contributed by atoms with Crippen molar-refractivity contribution in [1.82, 2.24) is 9.80 Å². The van der Waals surface area contributed by atoms with Crippen LogP contribution in [0.25, 0.3) is 0 Å². The van der Waals surface area contributed by atoms with Gasteiger partial charge in [-0.15, -0.1) is 0 Å². The zero-order valence-electron chi connectivity index (χ0n) is 16.7. The molecule has 1 amide bonds. The molecule has 1 aliphatic heterocycles. The Labute approximate surface area is 163 Å². The molecular weight excluding hydrogens is 336 g/mol. The van der Waals surface area contributed by atoms with Crippen molar-refractivity contribution in [3.63, 3.8) is 0 Å². The minimum atomic E-state index is 0.219. The van der Waals surface area contributed by atoms with Gasteiger partial charge in [-0.25, -0.2) is 0 Å². The molecule has 3 rings (SSSR count). The van der Waals surface area contributed by atoms with Crippen LogP contribution in [0.4, 0.5) is 0 Å². The lowest BCUT2D eigenvalue weighted by Crippen LogP contribution is -2.43. The monoisotopic (exact) mass is 368 g/mol. The van der Waals surface area contributed by atoms with Crippen LogP contribution in [0.3, 0.4) is 0 Å². The molecule has 1 atom stereocenters. The van der Waals surface area contributed by atoms with Gasteiger partial charge in [0, 0.05) is 31.8 Å². The van der Waals surface area contributed by atoms with Crippen molar-refractivity contribution >= 4 is 5.91 Å². The zero-order chi connectivity index (χ0) is 19.1. The molecule has 0 radical (unpaired) electrons. The molecule has 1 aromatic carbocycles. The Kier molecular flexibility index (Phi) is 7.11. The maximum atomic E-state index is 12.7. The van der Waals surface area contributed by atoms with Crippen molar-refractivity contribution in [3.05, 3.63) is 53.6 Å². The van der Waals surface area contributed by atoms with E-state index in [9.17, 15) is 4.79 Å². The fraction of sp³-hybridized carbons (Fsp3) is 0.522. The first-order valence-electron chi connectivity index (χ1n) is 10.2. The van der Waals surface area contributed by atoms with Gasteiger partial charge in [-0.3, -0.25) is 4.79 Å². The Balaban J connectivity index is 1.50. The lowest BCUT2D eigenvalue weighted by Gasteiger charge is -2.35. The second kappa shape index (κ2) is 9.75. The number of nitrogens with zero attached hydrogens (tertiary/aromatic N) is 2. The Hall–Kier alpha value is -2.07. The summed E-state index contributed by atoms with van der Waals surface area (Å²) in [5.74, 6) is 1.72. The maximum absolute atomic E-state index is 12.7. The topological polar surface area (TPSA) is 32.8 Å². The van der Waals surface area contributed by atoms with Crippen molar-refractivity contribution in [2.75, 3.05) is 39.8 Å². The largest absolute Gasteiger partial charge is 0.497 e. The van der Waals surface area contributed by atoms with E-state index in [1.807, 2.05) is 23.1 Å². The summed E-state index contributed by atoms with van der Waals surface area (Å²) in [5.41, 5.74) is 2.25. The third-order valence-corrected chi connectivity index (χ3v) is 5.65. The number of likely N-dealkylation sites (N-methyl/N-ethyl adjacent to an activating group) is 1. The molecular formula is C23H32N2O2. The molecule has 0 N–H and O–H groups in total. The van der Waals surface area contributed by atoms with Crippen LogP contribution in [-0.4, -0.2) is 55.5 Å². The van der Waals surface area contributed by atoms with E-state index in [1.54, 1.807) is 7.11 Å². The number of hydrogen-bond donors (Lipinski definition) is 0. The average Bonchev–Trinajstić information content (AvgIpc) is 3.25. The second-order valence-electron chi connectivity index (χ2n) is 7.58. The highest BCUT2D eigenvalue weighted by atomic mass is 16.5. The van der Waals surface area contributed by atoms with Gasteiger partial charge in [0.1, 0.15) is 5.75 Å². The second-order valence-corrected chi connectivity index (χ2v) is 7.58. The van der Waals surface area contributed by atoms with Crippen LogP contribution in [-0.2, 0) is 11.2 Å². The van der Waals surface area contributed by atoms with E-state index in [0.29, 0.717) is 5.92 Å². The van der Waals surface area contributed by atoms with Crippen LogP contribution in [0.1, 0.15) is 31.7 Å². The molecule has 4 nitrogen and oxygen atoms in total. The summed E-state index contributed by atoms with van der Waals surface area (Å²) < 4.78 is 5.32. The lowest BCUT2D eigenvalue weighted by atomic mass is 9.96. The first-order chi connectivity index (χ1) is 13.2. The van der Waals surface area contributed by atoms with Gasteiger partial charge in [0.15, 0.2) is 0 Å². The molecule has 0 aromatic heterocycles. The summed E-state index contributed by atoms with van der Waals surface area (Å²) in [7, 11) is 1.72. The van der Waals surface area contributed by atoms with E-state index in [-0.39, 0.29) is 5.91 Å². The zero-order valence-corrected chi connectivity index (χ0v) is 16.7. The van der Waals surface area contributed by atoms with Crippen LogP contribution < -0.4 is 4.74 Å². The third kappa shape index (κ3) is 5.46. The number of piperidine rings is 1. The normalized spacial score (nSPS) is 19.8. The fourth-order valence-electron chi connectivity index (χ4n) is 4.09. The molecule has 2 aliphatic rings. The number of amides is 1. The average molecular weight is 369 g/mol. The number of carbonyl (C=O) groups is 1. The summed E-state index contributed by atoms with van der Waals surface area (Å²) in [5, 5.41) is 0.